The van der Waals surface area contributed by atoms with Gasteiger partial charge in [-0.25, -0.2) is 19.2 Å². The predicted octanol–water partition coefficient (Wildman–Crippen LogP) is 3.65. The van der Waals surface area contributed by atoms with E-state index in [9.17, 15) is 4.79 Å². The summed E-state index contributed by atoms with van der Waals surface area (Å²) in [7, 11) is 0. The number of aryl methyl sites for hydroxylation is 2. The van der Waals surface area contributed by atoms with E-state index in [2.05, 4.69) is 20.5 Å². The van der Waals surface area contributed by atoms with E-state index in [0.717, 1.165) is 33.5 Å². The second-order valence-electron chi connectivity index (χ2n) is 7.42. The number of nitrogens with one attached hydrogen (secondary N) is 1. The molecule has 5 aromatic rings. The molecule has 1 amide bonds. The summed E-state index contributed by atoms with van der Waals surface area (Å²) in [5, 5.41) is 12.8. The van der Waals surface area contributed by atoms with Crippen molar-refractivity contribution in [1.29, 1.82) is 0 Å². The molecule has 0 bridgehead atoms. The zero-order valence-corrected chi connectivity index (χ0v) is 17.3. The maximum Gasteiger partial charge on any atom is 0.224 e. The van der Waals surface area contributed by atoms with E-state index >= 15 is 0 Å². The molecule has 0 aliphatic rings. The molecule has 4 heterocycles. The number of hydrogen-bond acceptors (Lipinski definition) is 5. The first-order chi connectivity index (χ1) is 15.1. The molecule has 8 nitrogen and oxygen atoms in total. The molecule has 0 radical (unpaired) electrons. The van der Waals surface area contributed by atoms with E-state index in [0.29, 0.717) is 24.3 Å². The van der Waals surface area contributed by atoms with Crippen LogP contribution in [0.2, 0.25) is 0 Å². The predicted molar refractivity (Wildman–Crippen MR) is 118 cm³/mol. The molecule has 4 aromatic heterocycles. The number of aromatic nitrogens is 6. The molecule has 1 N–H and O–H groups in total. The Morgan fingerprint density at radius 3 is 2.74 bits per heavy atom. The topological polar surface area (TPSA) is 90.0 Å². The number of carbonyl (C=O) groups excluding carboxylic acids is 1. The van der Waals surface area contributed by atoms with Crippen molar-refractivity contribution in [1.82, 2.24) is 29.4 Å². The van der Waals surface area contributed by atoms with Crippen LogP contribution in [0.25, 0.3) is 22.4 Å². The van der Waals surface area contributed by atoms with Gasteiger partial charge in [-0.2, -0.15) is 10.2 Å². The van der Waals surface area contributed by atoms with Crippen molar-refractivity contribution in [2.45, 2.75) is 26.7 Å². The van der Waals surface area contributed by atoms with E-state index in [4.69, 9.17) is 4.98 Å². The first kappa shape index (κ1) is 18.9. The van der Waals surface area contributed by atoms with Gasteiger partial charge in [0.05, 0.1) is 17.4 Å². The summed E-state index contributed by atoms with van der Waals surface area (Å²) in [4.78, 5) is 21.6. The first-order valence-electron chi connectivity index (χ1n) is 10.1. The van der Waals surface area contributed by atoms with Crippen LogP contribution in [0.4, 0.5) is 5.69 Å². The average Bonchev–Trinajstić information content (AvgIpc) is 3.43. The Hall–Kier alpha value is -4.07. The van der Waals surface area contributed by atoms with Gasteiger partial charge in [0.25, 0.3) is 0 Å². The Kier molecular flexibility index (Phi) is 4.66. The average molecular weight is 411 g/mol. The highest BCUT2D eigenvalue weighted by atomic mass is 16.1. The smallest absolute Gasteiger partial charge is 0.224 e. The Labute approximate surface area is 178 Å². The molecule has 154 valence electrons. The second kappa shape index (κ2) is 7.64. The Bertz CT molecular complexity index is 1390. The fourth-order valence-electron chi connectivity index (χ4n) is 3.80. The fourth-order valence-corrected chi connectivity index (χ4v) is 3.80. The lowest BCUT2D eigenvalue weighted by atomic mass is 10.1. The van der Waals surface area contributed by atoms with Crippen molar-refractivity contribution in [3.05, 3.63) is 78.0 Å². The van der Waals surface area contributed by atoms with Gasteiger partial charge in [-0.05, 0) is 56.2 Å². The number of rotatable bonds is 5. The number of anilines is 1. The van der Waals surface area contributed by atoms with Crippen LogP contribution in [-0.2, 0) is 11.2 Å². The molecule has 0 fully saturated rings. The van der Waals surface area contributed by atoms with E-state index in [1.807, 2.05) is 67.0 Å². The fraction of sp³-hybridized carbons (Fsp3) is 0.174. The SMILES string of the molecule is Cc1nc2c3ccccc3nn2c(C)c1CCC(=O)Nc1ccc(-n2cccn2)nc1. The van der Waals surface area contributed by atoms with Gasteiger partial charge in [-0.15, -0.1) is 0 Å². The lowest BCUT2D eigenvalue weighted by Crippen LogP contribution is -2.14. The van der Waals surface area contributed by atoms with Gasteiger partial charge in [-0.3, -0.25) is 4.79 Å². The molecular weight excluding hydrogens is 390 g/mol. The molecule has 0 saturated carbocycles. The van der Waals surface area contributed by atoms with Gasteiger partial charge in [0.2, 0.25) is 5.91 Å². The number of hydrogen-bond donors (Lipinski definition) is 1. The molecule has 0 atom stereocenters. The quantitative estimate of drug-likeness (QED) is 0.477. The minimum absolute atomic E-state index is 0.0711. The standard InChI is InChI=1S/C23H21N7O/c1-15-18(16(2)30-23(26-15)19-6-3-4-7-20(19)28-30)9-11-22(31)27-17-8-10-21(24-14-17)29-13-5-12-25-29/h3-8,10,12-14H,9,11H2,1-2H3,(H,27,31). The van der Waals surface area contributed by atoms with Crippen molar-refractivity contribution in [2.75, 3.05) is 5.32 Å². The third kappa shape index (κ3) is 3.52. The van der Waals surface area contributed by atoms with Crippen LogP contribution >= 0.6 is 0 Å². The normalized spacial score (nSPS) is 11.3. The van der Waals surface area contributed by atoms with Gasteiger partial charge >= 0.3 is 0 Å². The third-order valence-electron chi connectivity index (χ3n) is 5.39. The number of nitrogens with zero attached hydrogens (tertiary/aromatic N) is 6. The van der Waals surface area contributed by atoms with Crippen LogP contribution in [0.5, 0.6) is 0 Å². The Morgan fingerprint density at radius 2 is 1.97 bits per heavy atom. The molecule has 0 saturated heterocycles. The minimum atomic E-state index is -0.0711. The molecule has 0 unspecified atom stereocenters. The molecule has 5 rings (SSSR count). The molecule has 1 aromatic carbocycles. The highest BCUT2D eigenvalue weighted by Crippen LogP contribution is 2.23. The lowest BCUT2D eigenvalue weighted by Gasteiger charge is -2.11. The molecule has 31 heavy (non-hydrogen) atoms. The number of benzene rings is 1. The van der Waals surface area contributed by atoms with E-state index in [1.54, 1.807) is 17.1 Å². The number of fused-ring (bicyclic) bond motifs is 3. The van der Waals surface area contributed by atoms with Gasteiger partial charge < -0.3 is 5.32 Å². The third-order valence-corrected chi connectivity index (χ3v) is 5.39. The first-order valence-corrected chi connectivity index (χ1v) is 10.1. The summed E-state index contributed by atoms with van der Waals surface area (Å²) in [5.74, 6) is 0.624. The Morgan fingerprint density at radius 1 is 1.10 bits per heavy atom. The minimum Gasteiger partial charge on any atom is -0.325 e. The summed E-state index contributed by atoms with van der Waals surface area (Å²) < 4.78 is 3.54. The summed E-state index contributed by atoms with van der Waals surface area (Å²) in [5.41, 5.74) is 5.40. The van der Waals surface area contributed by atoms with Crippen molar-refractivity contribution in [3.63, 3.8) is 0 Å². The van der Waals surface area contributed by atoms with Gasteiger partial charge in [-0.1, -0.05) is 12.1 Å². The monoisotopic (exact) mass is 411 g/mol. The van der Waals surface area contributed by atoms with Crippen LogP contribution in [0, 0.1) is 13.8 Å². The zero-order valence-electron chi connectivity index (χ0n) is 17.3. The maximum absolute atomic E-state index is 12.5. The van der Waals surface area contributed by atoms with Crippen molar-refractivity contribution >= 4 is 28.1 Å². The molecular formula is C23H21N7O. The van der Waals surface area contributed by atoms with Gasteiger partial charge in [0.15, 0.2) is 11.5 Å². The summed E-state index contributed by atoms with van der Waals surface area (Å²) in [6, 6.07) is 13.4. The highest BCUT2D eigenvalue weighted by Gasteiger charge is 2.15. The van der Waals surface area contributed by atoms with Gasteiger partial charge in [0.1, 0.15) is 0 Å². The number of carbonyl (C=O) groups is 1. The number of pyridine rings is 1. The van der Waals surface area contributed by atoms with Crippen LogP contribution < -0.4 is 5.32 Å². The van der Waals surface area contributed by atoms with Crippen LogP contribution in [0.3, 0.4) is 0 Å². The highest BCUT2D eigenvalue weighted by molar-refractivity contribution is 5.92. The number of amides is 1. The van der Waals surface area contributed by atoms with Crippen LogP contribution in [0.15, 0.2) is 61.1 Å². The van der Waals surface area contributed by atoms with E-state index < -0.39 is 0 Å². The lowest BCUT2D eigenvalue weighted by molar-refractivity contribution is -0.116. The van der Waals surface area contributed by atoms with Crippen LogP contribution in [-0.4, -0.2) is 35.3 Å². The maximum atomic E-state index is 12.5. The Balaban J connectivity index is 1.31. The summed E-state index contributed by atoms with van der Waals surface area (Å²) in [6.07, 6.45) is 6.07. The summed E-state index contributed by atoms with van der Waals surface area (Å²) in [6.45, 7) is 4.01. The molecule has 0 spiro atoms. The van der Waals surface area contributed by atoms with Crippen molar-refractivity contribution in [3.8, 4) is 5.82 Å². The molecule has 0 aliphatic carbocycles. The second-order valence-corrected chi connectivity index (χ2v) is 7.42. The van der Waals surface area contributed by atoms with Gasteiger partial charge in [0, 0.05) is 35.6 Å². The molecule has 8 heteroatoms. The molecule has 0 aliphatic heterocycles. The summed E-state index contributed by atoms with van der Waals surface area (Å²) >= 11 is 0. The zero-order chi connectivity index (χ0) is 21.4. The van der Waals surface area contributed by atoms with Crippen LogP contribution in [0.1, 0.15) is 23.4 Å². The van der Waals surface area contributed by atoms with E-state index in [1.165, 1.54) is 0 Å². The van der Waals surface area contributed by atoms with E-state index in [-0.39, 0.29) is 5.91 Å². The largest absolute Gasteiger partial charge is 0.325 e. The van der Waals surface area contributed by atoms with Crippen molar-refractivity contribution < 1.29 is 4.79 Å². The van der Waals surface area contributed by atoms with Crippen molar-refractivity contribution in [2.24, 2.45) is 0 Å².